The van der Waals surface area contributed by atoms with Crippen LogP contribution in [0, 0.1) is 13.8 Å². The molecule has 4 nitrogen and oxygen atoms in total. The highest BCUT2D eigenvalue weighted by Gasteiger charge is 2.10. The normalized spacial score (nSPS) is 10.5. The van der Waals surface area contributed by atoms with E-state index in [4.69, 9.17) is 0 Å². The molecular weight excluding hydrogens is 286 g/mol. The fraction of sp³-hybridized carbons (Fsp3) is 0.158. The van der Waals surface area contributed by atoms with Gasteiger partial charge in [-0.1, -0.05) is 48.5 Å². The third-order valence-electron chi connectivity index (χ3n) is 3.76. The molecule has 4 heteroatoms. The Balaban J connectivity index is 1.74. The van der Waals surface area contributed by atoms with Crippen molar-refractivity contribution in [2.75, 3.05) is 5.32 Å². The van der Waals surface area contributed by atoms with Crippen LogP contribution in [0.2, 0.25) is 0 Å². The lowest BCUT2D eigenvalue weighted by molar-refractivity contribution is -0.116. The molecule has 0 aliphatic heterocycles. The number of amides is 1. The molecule has 3 aromatic rings. The predicted octanol–water partition coefficient (Wildman–Crippen LogP) is 3.81. The molecule has 0 spiro atoms. The van der Waals surface area contributed by atoms with Gasteiger partial charge in [0.1, 0.15) is 6.54 Å². The molecule has 1 amide bonds. The Morgan fingerprint density at radius 2 is 1.74 bits per heavy atom. The van der Waals surface area contributed by atoms with Crippen molar-refractivity contribution in [1.29, 1.82) is 0 Å². The smallest absolute Gasteiger partial charge is 0.246 e. The van der Waals surface area contributed by atoms with Crippen molar-refractivity contribution in [2.45, 2.75) is 20.4 Å². The van der Waals surface area contributed by atoms with E-state index in [0.29, 0.717) is 0 Å². The topological polar surface area (TPSA) is 46.9 Å². The van der Waals surface area contributed by atoms with Gasteiger partial charge >= 0.3 is 0 Å². The summed E-state index contributed by atoms with van der Waals surface area (Å²) in [4.78, 5) is 12.3. The molecule has 0 atom stereocenters. The lowest BCUT2D eigenvalue weighted by Gasteiger charge is -2.09. The van der Waals surface area contributed by atoms with Gasteiger partial charge in [-0.15, -0.1) is 0 Å². The average Bonchev–Trinajstić information content (AvgIpc) is 2.91. The van der Waals surface area contributed by atoms with Crippen LogP contribution < -0.4 is 5.32 Å². The van der Waals surface area contributed by atoms with Crippen molar-refractivity contribution in [3.63, 3.8) is 0 Å². The summed E-state index contributed by atoms with van der Waals surface area (Å²) in [6, 6.07) is 19.7. The molecule has 0 unspecified atom stereocenters. The van der Waals surface area contributed by atoms with Gasteiger partial charge in [-0.2, -0.15) is 5.10 Å². The minimum atomic E-state index is -0.0786. The molecule has 1 N–H and O–H groups in total. The van der Waals surface area contributed by atoms with E-state index in [1.54, 1.807) is 4.68 Å². The van der Waals surface area contributed by atoms with Crippen LogP contribution in [-0.4, -0.2) is 15.7 Å². The van der Waals surface area contributed by atoms with Gasteiger partial charge in [-0.25, -0.2) is 0 Å². The number of hydrogen-bond donors (Lipinski definition) is 1. The number of aryl methyl sites for hydroxylation is 2. The van der Waals surface area contributed by atoms with E-state index in [-0.39, 0.29) is 12.5 Å². The van der Waals surface area contributed by atoms with Crippen LogP contribution in [0.25, 0.3) is 11.3 Å². The molecule has 1 heterocycles. The number of carbonyl (C=O) groups excluding carboxylic acids is 1. The Morgan fingerprint density at radius 1 is 1.04 bits per heavy atom. The summed E-state index contributed by atoms with van der Waals surface area (Å²) in [6.45, 7) is 4.13. The van der Waals surface area contributed by atoms with Crippen molar-refractivity contribution >= 4 is 11.6 Å². The molecule has 3 rings (SSSR count). The summed E-state index contributed by atoms with van der Waals surface area (Å²) in [5.41, 5.74) is 4.78. The molecule has 2 aromatic carbocycles. The van der Waals surface area contributed by atoms with Crippen LogP contribution in [-0.2, 0) is 11.3 Å². The molecule has 0 saturated heterocycles. The molecule has 1 aromatic heterocycles. The largest absolute Gasteiger partial charge is 0.324 e. The van der Waals surface area contributed by atoms with Crippen LogP contribution >= 0.6 is 0 Å². The number of para-hydroxylation sites is 1. The number of nitrogens with one attached hydrogen (secondary N) is 1. The average molecular weight is 305 g/mol. The quantitative estimate of drug-likeness (QED) is 0.797. The Hall–Kier alpha value is -2.88. The van der Waals surface area contributed by atoms with E-state index in [9.17, 15) is 4.79 Å². The van der Waals surface area contributed by atoms with Gasteiger partial charge in [0.2, 0.25) is 5.91 Å². The van der Waals surface area contributed by atoms with Crippen molar-refractivity contribution < 1.29 is 4.79 Å². The molecule has 0 bridgehead atoms. The first kappa shape index (κ1) is 15.0. The molecule has 23 heavy (non-hydrogen) atoms. The van der Waals surface area contributed by atoms with Crippen LogP contribution in [0.5, 0.6) is 0 Å². The van der Waals surface area contributed by atoms with E-state index in [1.165, 1.54) is 0 Å². The highest BCUT2D eigenvalue weighted by molar-refractivity contribution is 5.91. The van der Waals surface area contributed by atoms with Crippen LogP contribution in [0.1, 0.15) is 11.3 Å². The van der Waals surface area contributed by atoms with Crippen LogP contribution in [0.3, 0.4) is 0 Å². The third-order valence-corrected chi connectivity index (χ3v) is 3.76. The van der Waals surface area contributed by atoms with Gasteiger partial charge in [0, 0.05) is 16.9 Å². The zero-order valence-corrected chi connectivity index (χ0v) is 13.3. The van der Waals surface area contributed by atoms with Crippen LogP contribution in [0.15, 0.2) is 60.7 Å². The number of hydrogen-bond acceptors (Lipinski definition) is 2. The third kappa shape index (κ3) is 3.48. The first-order valence-corrected chi connectivity index (χ1v) is 7.59. The highest BCUT2D eigenvalue weighted by atomic mass is 16.2. The van der Waals surface area contributed by atoms with Gasteiger partial charge in [0.25, 0.3) is 0 Å². The van der Waals surface area contributed by atoms with Crippen molar-refractivity contribution in [1.82, 2.24) is 9.78 Å². The Morgan fingerprint density at radius 3 is 2.48 bits per heavy atom. The molecule has 116 valence electrons. The second kappa shape index (κ2) is 6.48. The second-order valence-corrected chi connectivity index (χ2v) is 5.56. The van der Waals surface area contributed by atoms with Gasteiger partial charge in [-0.3, -0.25) is 9.48 Å². The van der Waals surface area contributed by atoms with Crippen molar-refractivity contribution in [3.8, 4) is 11.3 Å². The summed E-state index contributed by atoms with van der Waals surface area (Å²) >= 11 is 0. The monoisotopic (exact) mass is 305 g/mol. The first-order chi connectivity index (χ1) is 11.1. The summed E-state index contributed by atoms with van der Waals surface area (Å²) < 4.78 is 1.73. The summed E-state index contributed by atoms with van der Waals surface area (Å²) in [7, 11) is 0. The minimum absolute atomic E-state index is 0.0786. The van der Waals surface area contributed by atoms with Crippen LogP contribution in [0.4, 0.5) is 5.69 Å². The number of aromatic nitrogens is 2. The molecule has 0 radical (unpaired) electrons. The van der Waals surface area contributed by atoms with Gasteiger partial charge < -0.3 is 5.32 Å². The first-order valence-electron chi connectivity index (χ1n) is 7.59. The number of rotatable bonds is 4. The molecular formula is C19H19N3O. The zero-order valence-electron chi connectivity index (χ0n) is 13.3. The summed E-state index contributed by atoms with van der Waals surface area (Å²) in [6.07, 6.45) is 0. The predicted molar refractivity (Wildman–Crippen MR) is 92.2 cm³/mol. The van der Waals surface area contributed by atoms with Gasteiger partial charge in [-0.05, 0) is 31.5 Å². The maximum atomic E-state index is 12.3. The maximum absolute atomic E-state index is 12.3. The fourth-order valence-electron chi connectivity index (χ4n) is 2.46. The van der Waals surface area contributed by atoms with E-state index in [0.717, 1.165) is 28.2 Å². The number of carbonyl (C=O) groups is 1. The second-order valence-electron chi connectivity index (χ2n) is 5.56. The van der Waals surface area contributed by atoms with E-state index in [1.807, 2.05) is 74.5 Å². The van der Waals surface area contributed by atoms with E-state index >= 15 is 0 Å². The van der Waals surface area contributed by atoms with Crippen molar-refractivity contribution in [3.05, 3.63) is 71.9 Å². The number of benzene rings is 2. The Bertz CT molecular complexity index is 822. The molecule has 0 aliphatic rings. The zero-order chi connectivity index (χ0) is 16.2. The standard InChI is InChI=1S/C19H19N3O/c1-14-8-6-7-11-17(14)20-19(23)13-22-15(2)12-18(21-22)16-9-4-3-5-10-16/h3-12H,13H2,1-2H3,(H,20,23). The molecule has 0 aliphatic carbocycles. The van der Waals surface area contributed by atoms with E-state index < -0.39 is 0 Å². The molecule has 0 saturated carbocycles. The van der Waals surface area contributed by atoms with Gasteiger partial charge in [0.15, 0.2) is 0 Å². The fourth-order valence-corrected chi connectivity index (χ4v) is 2.46. The lowest BCUT2D eigenvalue weighted by Crippen LogP contribution is -2.20. The SMILES string of the molecule is Cc1ccccc1NC(=O)Cn1nc(-c2ccccc2)cc1C. The summed E-state index contributed by atoms with van der Waals surface area (Å²) in [5.74, 6) is -0.0786. The highest BCUT2D eigenvalue weighted by Crippen LogP contribution is 2.18. The Kier molecular flexibility index (Phi) is 4.24. The number of anilines is 1. The lowest BCUT2D eigenvalue weighted by atomic mass is 10.1. The minimum Gasteiger partial charge on any atom is -0.324 e. The van der Waals surface area contributed by atoms with Crippen molar-refractivity contribution in [2.24, 2.45) is 0 Å². The van der Waals surface area contributed by atoms with E-state index in [2.05, 4.69) is 10.4 Å². The number of nitrogens with zero attached hydrogens (tertiary/aromatic N) is 2. The Labute approximate surface area is 135 Å². The maximum Gasteiger partial charge on any atom is 0.246 e. The molecule has 0 fully saturated rings. The summed E-state index contributed by atoms with van der Waals surface area (Å²) in [5, 5.41) is 7.48. The van der Waals surface area contributed by atoms with Gasteiger partial charge in [0.05, 0.1) is 5.69 Å².